The first kappa shape index (κ1) is 20.4. The van der Waals surface area contributed by atoms with Crippen LogP contribution in [0.2, 0.25) is 0 Å². The molecule has 0 aliphatic heterocycles. The predicted octanol–water partition coefficient (Wildman–Crippen LogP) is 3.86. The molecule has 0 spiro atoms. The number of nitrogens with one attached hydrogen (secondary N) is 1. The van der Waals surface area contributed by atoms with Gasteiger partial charge in [-0.2, -0.15) is 0 Å². The number of hydrogen-bond donors (Lipinski definition) is 2. The Bertz CT molecular complexity index is 1210. The summed E-state index contributed by atoms with van der Waals surface area (Å²) in [6.45, 7) is 0.179. The van der Waals surface area contributed by atoms with E-state index in [9.17, 15) is 14.7 Å². The minimum atomic E-state index is -0.617. The van der Waals surface area contributed by atoms with Gasteiger partial charge in [0.1, 0.15) is 0 Å². The summed E-state index contributed by atoms with van der Waals surface area (Å²) in [5, 5.41) is 11.1. The summed E-state index contributed by atoms with van der Waals surface area (Å²) in [6, 6.07) is 29.1. The third-order valence-electron chi connectivity index (χ3n) is 5.45. The van der Waals surface area contributed by atoms with Gasteiger partial charge in [0.2, 0.25) is 5.88 Å². The molecule has 0 saturated carbocycles. The average molecular weight is 412 g/mol. The number of aromatic nitrogens is 2. The Morgan fingerprint density at radius 3 is 1.65 bits per heavy atom. The molecule has 4 rings (SSSR count). The van der Waals surface area contributed by atoms with Gasteiger partial charge < -0.3 is 5.11 Å². The van der Waals surface area contributed by atoms with Crippen molar-refractivity contribution in [3.05, 3.63) is 134 Å². The molecule has 5 nitrogen and oxygen atoms in total. The summed E-state index contributed by atoms with van der Waals surface area (Å²) in [7, 11) is 0. The summed E-state index contributed by atoms with van der Waals surface area (Å²) in [5.74, 6) is -0.564. The molecule has 0 unspecified atom stereocenters. The van der Waals surface area contributed by atoms with Crippen LogP contribution >= 0.6 is 0 Å². The molecule has 0 fully saturated rings. The van der Waals surface area contributed by atoms with Crippen LogP contribution in [0.4, 0.5) is 0 Å². The quantitative estimate of drug-likeness (QED) is 0.484. The second-order valence-electron chi connectivity index (χ2n) is 7.64. The van der Waals surface area contributed by atoms with Crippen LogP contribution in [0, 0.1) is 0 Å². The van der Waals surface area contributed by atoms with Gasteiger partial charge in [0, 0.05) is 5.92 Å². The first-order chi connectivity index (χ1) is 15.1. The van der Waals surface area contributed by atoms with Crippen LogP contribution < -0.4 is 11.2 Å². The molecule has 0 saturated heterocycles. The fourth-order valence-electron chi connectivity index (χ4n) is 3.93. The third-order valence-corrected chi connectivity index (χ3v) is 5.45. The number of rotatable bonds is 7. The zero-order valence-electron chi connectivity index (χ0n) is 17.1. The highest BCUT2D eigenvalue weighted by Gasteiger charge is 2.24. The molecule has 0 amide bonds. The molecule has 2 N–H and O–H groups in total. The molecule has 0 aliphatic rings. The normalized spacial score (nSPS) is 11.0. The largest absolute Gasteiger partial charge is 0.494 e. The lowest BCUT2D eigenvalue weighted by Crippen LogP contribution is -2.34. The van der Waals surface area contributed by atoms with Crippen LogP contribution in [-0.2, 0) is 19.4 Å². The van der Waals surface area contributed by atoms with Gasteiger partial charge in [-0.25, -0.2) is 4.79 Å². The van der Waals surface area contributed by atoms with Crippen molar-refractivity contribution in [3.8, 4) is 5.88 Å². The lowest BCUT2D eigenvalue weighted by Gasteiger charge is -2.20. The summed E-state index contributed by atoms with van der Waals surface area (Å²) >= 11 is 0. The Hall–Kier alpha value is -3.86. The van der Waals surface area contributed by atoms with E-state index < -0.39 is 11.2 Å². The van der Waals surface area contributed by atoms with Gasteiger partial charge in [-0.1, -0.05) is 91.0 Å². The van der Waals surface area contributed by atoms with E-state index in [2.05, 4.69) is 4.98 Å². The highest BCUT2D eigenvalue weighted by atomic mass is 16.3. The molecule has 4 aromatic rings. The van der Waals surface area contributed by atoms with E-state index in [0.717, 1.165) is 16.7 Å². The highest BCUT2D eigenvalue weighted by Crippen LogP contribution is 2.28. The van der Waals surface area contributed by atoms with Crippen molar-refractivity contribution in [2.24, 2.45) is 0 Å². The van der Waals surface area contributed by atoms with E-state index in [1.54, 1.807) is 0 Å². The zero-order chi connectivity index (χ0) is 21.6. The molecule has 1 heterocycles. The molecule has 0 radical (unpaired) electrons. The van der Waals surface area contributed by atoms with E-state index in [1.807, 2.05) is 91.0 Å². The number of aromatic amines is 1. The van der Waals surface area contributed by atoms with Gasteiger partial charge in [-0.15, -0.1) is 0 Å². The van der Waals surface area contributed by atoms with Crippen LogP contribution in [-0.4, -0.2) is 14.7 Å². The number of nitrogens with zero attached hydrogens (tertiary/aromatic N) is 1. The van der Waals surface area contributed by atoms with Crippen molar-refractivity contribution in [2.45, 2.75) is 25.3 Å². The van der Waals surface area contributed by atoms with Crippen LogP contribution in [0.3, 0.4) is 0 Å². The van der Waals surface area contributed by atoms with Gasteiger partial charge >= 0.3 is 5.69 Å². The molecule has 0 atom stereocenters. The maximum Gasteiger partial charge on any atom is 0.331 e. The smallest absolute Gasteiger partial charge is 0.331 e. The number of benzene rings is 3. The fraction of sp³-hybridized carbons (Fsp3) is 0.154. The van der Waals surface area contributed by atoms with Crippen molar-refractivity contribution >= 4 is 0 Å². The van der Waals surface area contributed by atoms with Gasteiger partial charge in [-0.05, 0) is 29.5 Å². The van der Waals surface area contributed by atoms with Crippen LogP contribution in [0.25, 0.3) is 0 Å². The number of hydrogen-bond acceptors (Lipinski definition) is 3. The van der Waals surface area contributed by atoms with Crippen molar-refractivity contribution in [2.75, 3.05) is 0 Å². The van der Waals surface area contributed by atoms with Gasteiger partial charge in [0.15, 0.2) is 0 Å². The Balaban J connectivity index is 1.78. The summed E-state index contributed by atoms with van der Waals surface area (Å²) in [5.41, 5.74) is 2.06. The van der Waals surface area contributed by atoms with E-state index in [-0.39, 0.29) is 23.9 Å². The Morgan fingerprint density at radius 1 is 0.710 bits per heavy atom. The third kappa shape index (κ3) is 4.83. The minimum absolute atomic E-state index is 0.179. The Kier molecular flexibility index (Phi) is 6.13. The predicted molar refractivity (Wildman–Crippen MR) is 122 cm³/mol. The number of H-pyrrole nitrogens is 1. The lowest BCUT2D eigenvalue weighted by molar-refractivity contribution is 0.394. The van der Waals surface area contributed by atoms with Crippen LogP contribution in [0.1, 0.15) is 28.2 Å². The molecule has 0 bridgehead atoms. The fourth-order valence-corrected chi connectivity index (χ4v) is 3.93. The SMILES string of the molecule is O=c1[nH]c(=O)n(Cc2ccccc2)c(O)c1C(Cc1ccccc1)Cc1ccccc1. The molecule has 31 heavy (non-hydrogen) atoms. The Morgan fingerprint density at radius 2 is 1.16 bits per heavy atom. The molecule has 0 aliphatic carbocycles. The molecule has 156 valence electrons. The van der Waals surface area contributed by atoms with Crippen molar-refractivity contribution < 1.29 is 5.11 Å². The topological polar surface area (TPSA) is 75.1 Å². The van der Waals surface area contributed by atoms with Crippen LogP contribution in [0.5, 0.6) is 5.88 Å². The standard InChI is InChI=1S/C26H24N2O3/c29-24-23(25(30)28(26(31)27-24)18-21-14-8-3-9-15-21)22(16-19-10-4-1-5-11-19)17-20-12-6-2-7-13-20/h1-15,22,30H,16-18H2,(H,27,29,31). The molecule has 1 aromatic heterocycles. The summed E-state index contributed by atoms with van der Waals surface area (Å²) in [4.78, 5) is 27.8. The lowest BCUT2D eigenvalue weighted by atomic mass is 9.87. The molecular weight excluding hydrogens is 388 g/mol. The maximum absolute atomic E-state index is 12.9. The highest BCUT2D eigenvalue weighted by molar-refractivity contribution is 5.33. The molecular formula is C26H24N2O3. The first-order valence-electron chi connectivity index (χ1n) is 10.3. The van der Waals surface area contributed by atoms with Gasteiger partial charge in [0.05, 0.1) is 12.1 Å². The Labute approximate surface area is 180 Å². The van der Waals surface area contributed by atoms with E-state index in [1.165, 1.54) is 4.57 Å². The number of aromatic hydroxyl groups is 1. The minimum Gasteiger partial charge on any atom is -0.494 e. The van der Waals surface area contributed by atoms with Gasteiger partial charge in [-0.3, -0.25) is 14.3 Å². The summed E-state index contributed by atoms with van der Waals surface area (Å²) < 4.78 is 1.23. The van der Waals surface area contributed by atoms with Crippen molar-refractivity contribution in [3.63, 3.8) is 0 Å². The van der Waals surface area contributed by atoms with E-state index in [0.29, 0.717) is 12.8 Å². The van der Waals surface area contributed by atoms with Crippen molar-refractivity contribution in [1.82, 2.24) is 9.55 Å². The van der Waals surface area contributed by atoms with E-state index in [4.69, 9.17) is 0 Å². The second-order valence-corrected chi connectivity index (χ2v) is 7.64. The van der Waals surface area contributed by atoms with Gasteiger partial charge in [0.25, 0.3) is 5.56 Å². The first-order valence-corrected chi connectivity index (χ1v) is 10.3. The van der Waals surface area contributed by atoms with E-state index >= 15 is 0 Å². The van der Waals surface area contributed by atoms with Crippen molar-refractivity contribution in [1.29, 1.82) is 0 Å². The van der Waals surface area contributed by atoms with Crippen LogP contribution in [0.15, 0.2) is 101 Å². The second kappa shape index (κ2) is 9.30. The summed E-state index contributed by atoms with van der Waals surface area (Å²) in [6.07, 6.45) is 1.13. The maximum atomic E-state index is 12.9. The molecule has 3 aromatic carbocycles. The molecule has 5 heteroatoms. The average Bonchev–Trinajstić information content (AvgIpc) is 2.78. The zero-order valence-corrected chi connectivity index (χ0v) is 17.1. The monoisotopic (exact) mass is 412 g/mol.